The van der Waals surface area contributed by atoms with Gasteiger partial charge in [0.05, 0.1) is 0 Å². The number of carbonyl (C=O) groups excluding carboxylic acids is 3. The molecule has 0 aromatic heterocycles. The number of allylic oxidation sites excluding steroid dienone is 2. The van der Waals surface area contributed by atoms with E-state index in [0.29, 0.717) is 19.3 Å². The lowest BCUT2D eigenvalue weighted by molar-refractivity contribution is -0.167. The van der Waals surface area contributed by atoms with Gasteiger partial charge in [-0.2, -0.15) is 0 Å². The molecule has 6 nitrogen and oxygen atoms in total. The van der Waals surface area contributed by atoms with Crippen LogP contribution in [0.2, 0.25) is 0 Å². The Morgan fingerprint density at radius 3 is 0.794 bits per heavy atom. The molecule has 0 aromatic rings. The zero-order valence-electron chi connectivity index (χ0n) is 42.6. The third-order valence-corrected chi connectivity index (χ3v) is 12.8. The molecule has 0 saturated carbocycles. The minimum Gasteiger partial charge on any atom is -0.462 e. The summed E-state index contributed by atoms with van der Waals surface area (Å²) in [5, 5.41) is 0. The number of unbranched alkanes of at least 4 members (excludes halogenated alkanes) is 39. The van der Waals surface area contributed by atoms with Crippen LogP contribution >= 0.6 is 0 Å². The van der Waals surface area contributed by atoms with E-state index in [0.717, 1.165) is 64.2 Å². The van der Waals surface area contributed by atoms with Crippen LogP contribution in [-0.2, 0) is 28.6 Å². The Hall–Kier alpha value is -1.85. The number of rotatable bonds is 52. The molecular formula is C57H108O6. The van der Waals surface area contributed by atoms with E-state index in [1.807, 2.05) is 0 Å². The van der Waals surface area contributed by atoms with Gasteiger partial charge >= 0.3 is 17.9 Å². The first kappa shape index (κ1) is 61.1. The molecule has 0 heterocycles. The van der Waals surface area contributed by atoms with E-state index in [1.54, 1.807) is 0 Å². The smallest absolute Gasteiger partial charge is 0.306 e. The minimum atomic E-state index is -0.767. The van der Waals surface area contributed by atoms with Gasteiger partial charge in [0.2, 0.25) is 0 Å². The maximum Gasteiger partial charge on any atom is 0.306 e. The van der Waals surface area contributed by atoms with Crippen LogP contribution in [0.5, 0.6) is 0 Å². The predicted molar refractivity (Wildman–Crippen MR) is 270 cm³/mol. The summed E-state index contributed by atoms with van der Waals surface area (Å²) in [5.74, 6) is -0.855. The van der Waals surface area contributed by atoms with Crippen molar-refractivity contribution in [3.05, 3.63) is 12.2 Å². The topological polar surface area (TPSA) is 78.9 Å². The highest BCUT2D eigenvalue weighted by atomic mass is 16.6. The van der Waals surface area contributed by atoms with Gasteiger partial charge in [-0.25, -0.2) is 0 Å². The molecule has 0 unspecified atom stereocenters. The van der Waals surface area contributed by atoms with Crippen LogP contribution in [0, 0.1) is 0 Å². The number of hydrogen-bond acceptors (Lipinski definition) is 6. The summed E-state index contributed by atoms with van der Waals surface area (Å²) in [7, 11) is 0. The van der Waals surface area contributed by atoms with Gasteiger partial charge in [-0.05, 0) is 44.9 Å². The maximum absolute atomic E-state index is 12.8. The molecule has 0 bridgehead atoms. The van der Waals surface area contributed by atoms with Crippen molar-refractivity contribution in [3.63, 3.8) is 0 Å². The summed E-state index contributed by atoms with van der Waals surface area (Å²) in [6.07, 6.45) is 59.1. The molecule has 0 rings (SSSR count). The van der Waals surface area contributed by atoms with Gasteiger partial charge in [-0.3, -0.25) is 14.4 Å². The van der Waals surface area contributed by atoms with E-state index in [2.05, 4.69) is 32.9 Å². The number of esters is 3. The third kappa shape index (κ3) is 51.0. The molecule has 0 spiro atoms. The number of ether oxygens (including phenoxy) is 3. The SMILES string of the molecule is CCCCCCCC/C=C\CCCCCCCC(=O)OC[C@H](COC(=O)CCCCCCCCCCCCC)OC(=O)CCCCCCCCCCCCCCCCCCCCC. The highest BCUT2D eigenvalue weighted by Gasteiger charge is 2.19. The fraction of sp³-hybridized carbons (Fsp3) is 0.912. The lowest BCUT2D eigenvalue weighted by Gasteiger charge is -2.18. The number of carbonyl (C=O) groups is 3. The van der Waals surface area contributed by atoms with E-state index in [-0.39, 0.29) is 31.1 Å². The molecule has 6 heteroatoms. The third-order valence-electron chi connectivity index (χ3n) is 12.8. The highest BCUT2D eigenvalue weighted by Crippen LogP contribution is 2.17. The molecule has 372 valence electrons. The Balaban J connectivity index is 4.28. The van der Waals surface area contributed by atoms with Gasteiger partial charge in [-0.1, -0.05) is 264 Å². The predicted octanol–water partition coefficient (Wildman–Crippen LogP) is 18.5. The molecule has 0 fully saturated rings. The maximum atomic E-state index is 12.8. The zero-order valence-corrected chi connectivity index (χ0v) is 42.6. The molecular weight excluding hydrogens is 781 g/mol. The van der Waals surface area contributed by atoms with Gasteiger partial charge in [-0.15, -0.1) is 0 Å². The second kappa shape index (κ2) is 52.8. The fourth-order valence-electron chi connectivity index (χ4n) is 8.50. The highest BCUT2D eigenvalue weighted by molar-refractivity contribution is 5.71. The van der Waals surface area contributed by atoms with Crippen LogP contribution < -0.4 is 0 Å². The van der Waals surface area contributed by atoms with Gasteiger partial charge in [0.15, 0.2) is 6.10 Å². The second-order valence-electron chi connectivity index (χ2n) is 19.2. The zero-order chi connectivity index (χ0) is 45.8. The van der Waals surface area contributed by atoms with Crippen molar-refractivity contribution in [3.8, 4) is 0 Å². The molecule has 0 aromatic carbocycles. The summed E-state index contributed by atoms with van der Waals surface area (Å²) in [4.78, 5) is 38.0. The first-order chi connectivity index (χ1) is 31.0. The van der Waals surface area contributed by atoms with Crippen molar-refractivity contribution in [1.82, 2.24) is 0 Å². The Morgan fingerprint density at radius 2 is 0.524 bits per heavy atom. The van der Waals surface area contributed by atoms with Crippen molar-refractivity contribution >= 4 is 17.9 Å². The second-order valence-corrected chi connectivity index (χ2v) is 19.2. The van der Waals surface area contributed by atoms with Gasteiger partial charge in [0.25, 0.3) is 0 Å². The summed E-state index contributed by atoms with van der Waals surface area (Å²) in [6, 6.07) is 0. The lowest BCUT2D eigenvalue weighted by atomic mass is 10.0. The molecule has 0 aliphatic rings. The van der Waals surface area contributed by atoms with Crippen LogP contribution in [0.4, 0.5) is 0 Å². The van der Waals surface area contributed by atoms with Crippen LogP contribution in [0.15, 0.2) is 12.2 Å². The molecule has 0 radical (unpaired) electrons. The Labute approximate surface area is 392 Å². The molecule has 0 saturated heterocycles. The Bertz CT molecular complexity index is 978. The monoisotopic (exact) mass is 889 g/mol. The van der Waals surface area contributed by atoms with Crippen molar-refractivity contribution in [1.29, 1.82) is 0 Å². The van der Waals surface area contributed by atoms with E-state index in [4.69, 9.17) is 14.2 Å². The van der Waals surface area contributed by atoms with E-state index >= 15 is 0 Å². The molecule has 0 N–H and O–H groups in total. The van der Waals surface area contributed by atoms with Gasteiger partial charge in [0, 0.05) is 19.3 Å². The molecule has 0 amide bonds. The van der Waals surface area contributed by atoms with E-state index < -0.39 is 6.10 Å². The van der Waals surface area contributed by atoms with Crippen molar-refractivity contribution in [2.24, 2.45) is 0 Å². The van der Waals surface area contributed by atoms with Crippen LogP contribution in [0.3, 0.4) is 0 Å². The molecule has 0 aliphatic heterocycles. The Kier molecular flexibility index (Phi) is 51.2. The van der Waals surface area contributed by atoms with E-state index in [9.17, 15) is 14.4 Å². The average Bonchev–Trinajstić information content (AvgIpc) is 3.28. The molecule has 63 heavy (non-hydrogen) atoms. The average molecular weight is 889 g/mol. The van der Waals surface area contributed by atoms with Crippen LogP contribution in [0.25, 0.3) is 0 Å². The van der Waals surface area contributed by atoms with Crippen molar-refractivity contribution in [2.45, 2.75) is 322 Å². The van der Waals surface area contributed by atoms with Crippen molar-refractivity contribution in [2.75, 3.05) is 13.2 Å². The molecule has 1 atom stereocenters. The summed E-state index contributed by atoms with van der Waals surface area (Å²) in [5.41, 5.74) is 0. The quantitative estimate of drug-likeness (QED) is 0.0262. The van der Waals surface area contributed by atoms with E-state index in [1.165, 1.54) is 212 Å². The molecule has 0 aliphatic carbocycles. The van der Waals surface area contributed by atoms with Crippen LogP contribution in [-0.4, -0.2) is 37.2 Å². The standard InChI is InChI=1S/C57H108O6/c1-4-7-10-13-16-19-22-24-26-27-28-29-31-33-36-39-42-45-48-51-57(60)63-54(52-61-55(58)49-46-43-40-37-34-21-18-15-12-9-6-3)53-62-56(59)50-47-44-41-38-35-32-30-25-23-20-17-14-11-8-5-2/h25,30,54H,4-24,26-29,31-53H2,1-3H3/b30-25-/t54-/m0/s1. The normalized spacial score (nSPS) is 12.0. The van der Waals surface area contributed by atoms with Gasteiger partial charge < -0.3 is 14.2 Å². The first-order valence-electron chi connectivity index (χ1n) is 28.2. The largest absolute Gasteiger partial charge is 0.462 e. The summed E-state index contributed by atoms with van der Waals surface area (Å²) >= 11 is 0. The van der Waals surface area contributed by atoms with Gasteiger partial charge in [0.1, 0.15) is 13.2 Å². The summed E-state index contributed by atoms with van der Waals surface area (Å²) in [6.45, 7) is 6.67. The lowest BCUT2D eigenvalue weighted by Crippen LogP contribution is -2.30. The first-order valence-corrected chi connectivity index (χ1v) is 28.2. The Morgan fingerprint density at radius 1 is 0.302 bits per heavy atom. The van der Waals surface area contributed by atoms with Crippen LogP contribution in [0.1, 0.15) is 316 Å². The number of hydrogen-bond donors (Lipinski definition) is 0. The minimum absolute atomic E-state index is 0.0670. The summed E-state index contributed by atoms with van der Waals surface area (Å²) < 4.78 is 16.8. The van der Waals surface area contributed by atoms with Crippen molar-refractivity contribution < 1.29 is 28.6 Å². The fourth-order valence-corrected chi connectivity index (χ4v) is 8.50.